The third-order valence-electron chi connectivity index (χ3n) is 5.88. The first kappa shape index (κ1) is 24.7. The number of carbonyl (C=O) groups is 1. The number of fused-ring (bicyclic) bond motifs is 1. The molecule has 0 radical (unpaired) electrons. The van der Waals surface area contributed by atoms with Crippen LogP contribution in [0.3, 0.4) is 0 Å². The Labute approximate surface area is 203 Å². The van der Waals surface area contributed by atoms with Crippen molar-refractivity contribution in [1.82, 2.24) is 9.29 Å². The lowest BCUT2D eigenvalue weighted by atomic mass is 10.2. The van der Waals surface area contributed by atoms with Crippen LogP contribution in [-0.4, -0.2) is 56.5 Å². The molecule has 1 aromatic heterocycles. The van der Waals surface area contributed by atoms with E-state index in [1.807, 2.05) is 6.92 Å². The molecule has 10 heteroatoms. The highest BCUT2D eigenvalue weighted by Gasteiger charge is 2.28. The van der Waals surface area contributed by atoms with Gasteiger partial charge in [-0.25, -0.2) is 22.1 Å². The van der Waals surface area contributed by atoms with Crippen molar-refractivity contribution >= 4 is 42.6 Å². The number of thiazole rings is 1. The minimum atomic E-state index is -3.63. The maximum Gasteiger partial charge on any atom is 0.260 e. The summed E-state index contributed by atoms with van der Waals surface area (Å²) in [4.78, 5) is 19.6. The van der Waals surface area contributed by atoms with Crippen LogP contribution in [0.15, 0.2) is 47.4 Å². The molecule has 1 amide bonds. The molecule has 1 atom stereocenters. The number of nitrogens with zero attached hydrogens (tertiary/aromatic N) is 3. The summed E-state index contributed by atoms with van der Waals surface area (Å²) in [5, 5.41) is 0.386. The van der Waals surface area contributed by atoms with Gasteiger partial charge in [-0.05, 0) is 55.7 Å². The topological polar surface area (TPSA) is 79.8 Å². The van der Waals surface area contributed by atoms with Crippen molar-refractivity contribution in [2.75, 3.05) is 31.6 Å². The van der Waals surface area contributed by atoms with Crippen LogP contribution in [0.5, 0.6) is 0 Å². The summed E-state index contributed by atoms with van der Waals surface area (Å²) >= 11 is 1.24. The van der Waals surface area contributed by atoms with E-state index in [0.717, 1.165) is 25.7 Å². The van der Waals surface area contributed by atoms with Crippen LogP contribution in [0.25, 0.3) is 10.2 Å². The normalized spacial score (nSPS) is 16.4. The number of sulfonamides is 1. The van der Waals surface area contributed by atoms with E-state index in [-0.39, 0.29) is 22.4 Å². The average molecular weight is 506 g/mol. The van der Waals surface area contributed by atoms with Gasteiger partial charge >= 0.3 is 0 Å². The molecule has 4 rings (SSSR count). The molecule has 7 nitrogen and oxygen atoms in total. The third kappa shape index (κ3) is 5.14. The minimum Gasteiger partial charge on any atom is -0.376 e. The maximum atomic E-state index is 14.2. The molecule has 182 valence electrons. The Morgan fingerprint density at radius 3 is 2.65 bits per heavy atom. The van der Waals surface area contributed by atoms with Gasteiger partial charge in [0.05, 0.1) is 22.2 Å². The van der Waals surface area contributed by atoms with Crippen LogP contribution < -0.4 is 4.90 Å². The van der Waals surface area contributed by atoms with E-state index in [2.05, 4.69) is 4.98 Å². The van der Waals surface area contributed by atoms with Crippen molar-refractivity contribution in [3.05, 3.63) is 53.8 Å². The second-order valence-electron chi connectivity index (χ2n) is 8.34. The number of para-hydroxylation sites is 1. The molecule has 0 bridgehead atoms. The molecule has 1 fully saturated rings. The number of amides is 1. The number of unbranched alkanes of at least 4 members (excludes halogenated alkanes) is 1. The second kappa shape index (κ2) is 10.5. The zero-order chi connectivity index (χ0) is 24.3. The highest BCUT2D eigenvalue weighted by atomic mass is 32.2. The quantitative estimate of drug-likeness (QED) is 0.422. The minimum absolute atomic E-state index is 0.132. The third-order valence-corrected chi connectivity index (χ3v) is 8.80. The van der Waals surface area contributed by atoms with Gasteiger partial charge in [-0.3, -0.25) is 9.69 Å². The van der Waals surface area contributed by atoms with Gasteiger partial charge in [0.1, 0.15) is 11.3 Å². The van der Waals surface area contributed by atoms with E-state index in [0.29, 0.717) is 35.1 Å². The summed E-state index contributed by atoms with van der Waals surface area (Å²) < 4.78 is 47.6. The van der Waals surface area contributed by atoms with Crippen molar-refractivity contribution in [2.45, 2.75) is 43.6 Å². The summed E-state index contributed by atoms with van der Waals surface area (Å²) in [5.74, 6) is -0.774. The van der Waals surface area contributed by atoms with Gasteiger partial charge in [0.15, 0.2) is 5.13 Å². The smallest absolute Gasteiger partial charge is 0.260 e. The van der Waals surface area contributed by atoms with Gasteiger partial charge in [-0.1, -0.05) is 30.7 Å². The van der Waals surface area contributed by atoms with Gasteiger partial charge in [-0.15, -0.1) is 0 Å². The van der Waals surface area contributed by atoms with Crippen LogP contribution in [0.1, 0.15) is 43.0 Å². The molecule has 0 aliphatic carbocycles. The van der Waals surface area contributed by atoms with Gasteiger partial charge in [0.25, 0.3) is 5.91 Å². The van der Waals surface area contributed by atoms with Crippen molar-refractivity contribution in [1.29, 1.82) is 0 Å². The Balaban J connectivity index is 1.62. The summed E-state index contributed by atoms with van der Waals surface area (Å²) in [6.07, 6.45) is 3.27. The first-order valence-corrected chi connectivity index (χ1v) is 13.6. The van der Waals surface area contributed by atoms with Crippen LogP contribution in [0.2, 0.25) is 0 Å². The Hall–Kier alpha value is -2.40. The summed E-state index contributed by atoms with van der Waals surface area (Å²) in [5.41, 5.74) is 0.553. The van der Waals surface area contributed by atoms with E-state index in [1.54, 1.807) is 19.2 Å². The van der Waals surface area contributed by atoms with E-state index < -0.39 is 15.8 Å². The van der Waals surface area contributed by atoms with Crippen molar-refractivity contribution in [3.63, 3.8) is 0 Å². The van der Waals surface area contributed by atoms with Gasteiger partial charge in [0, 0.05) is 25.8 Å². The lowest BCUT2D eigenvalue weighted by Crippen LogP contribution is -2.37. The van der Waals surface area contributed by atoms with Gasteiger partial charge in [-0.2, -0.15) is 0 Å². The van der Waals surface area contributed by atoms with Crippen molar-refractivity contribution in [3.8, 4) is 0 Å². The van der Waals surface area contributed by atoms with Gasteiger partial charge < -0.3 is 4.74 Å². The standard InChI is InChI=1S/C24H28FN3O4S2/c1-3-4-14-27(2)34(30,31)19-12-10-17(11-13-19)23(29)28(16-18-7-6-15-32-18)24-26-22-20(25)8-5-9-21(22)33-24/h5,8-13,18H,3-4,6-7,14-16H2,1-2H3. The fraction of sp³-hybridized carbons (Fsp3) is 0.417. The predicted octanol–water partition coefficient (Wildman–Crippen LogP) is 4.68. The average Bonchev–Trinajstić information content (AvgIpc) is 3.51. The van der Waals surface area contributed by atoms with Crippen LogP contribution in [0.4, 0.5) is 9.52 Å². The van der Waals surface area contributed by atoms with Crippen LogP contribution >= 0.6 is 11.3 Å². The zero-order valence-electron chi connectivity index (χ0n) is 19.2. The van der Waals surface area contributed by atoms with Crippen molar-refractivity contribution < 1.29 is 22.3 Å². The largest absolute Gasteiger partial charge is 0.376 e. The molecule has 2 aromatic carbocycles. The molecule has 1 saturated heterocycles. The molecular formula is C24H28FN3O4S2. The molecule has 34 heavy (non-hydrogen) atoms. The SMILES string of the molecule is CCCCN(C)S(=O)(=O)c1ccc(C(=O)N(CC2CCCO2)c2nc3c(F)cccc3s2)cc1. The van der Waals surface area contributed by atoms with Crippen LogP contribution in [0, 0.1) is 5.82 Å². The highest BCUT2D eigenvalue weighted by molar-refractivity contribution is 7.89. The molecule has 2 heterocycles. The monoisotopic (exact) mass is 505 g/mol. The number of ether oxygens (including phenoxy) is 1. The molecule has 3 aromatic rings. The van der Waals surface area contributed by atoms with E-state index in [4.69, 9.17) is 4.74 Å². The lowest BCUT2D eigenvalue weighted by Gasteiger charge is -2.23. The fourth-order valence-corrected chi connectivity index (χ4v) is 6.06. The summed E-state index contributed by atoms with van der Waals surface area (Å²) in [6.45, 7) is 3.37. The Kier molecular flexibility index (Phi) is 7.61. The first-order valence-electron chi connectivity index (χ1n) is 11.4. The molecular weight excluding hydrogens is 477 g/mol. The second-order valence-corrected chi connectivity index (χ2v) is 11.4. The Morgan fingerprint density at radius 2 is 2.00 bits per heavy atom. The highest BCUT2D eigenvalue weighted by Crippen LogP contribution is 2.32. The van der Waals surface area contributed by atoms with Gasteiger partial charge in [0.2, 0.25) is 10.0 Å². The number of benzene rings is 2. The van der Waals surface area contributed by atoms with Crippen molar-refractivity contribution in [2.24, 2.45) is 0 Å². The number of halogens is 1. The van der Waals surface area contributed by atoms with Crippen LogP contribution in [-0.2, 0) is 14.8 Å². The number of hydrogen-bond acceptors (Lipinski definition) is 6. The molecule has 1 unspecified atom stereocenters. The number of anilines is 1. The number of hydrogen-bond donors (Lipinski definition) is 0. The molecule has 0 saturated carbocycles. The summed E-state index contributed by atoms with van der Waals surface area (Å²) in [7, 11) is -2.08. The number of rotatable bonds is 9. The van der Waals surface area contributed by atoms with E-state index in [1.165, 1.54) is 50.9 Å². The van der Waals surface area contributed by atoms with E-state index >= 15 is 0 Å². The number of aromatic nitrogens is 1. The fourth-order valence-electron chi connectivity index (χ4n) is 3.86. The molecule has 1 aliphatic rings. The summed E-state index contributed by atoms with van der Waals surface area (Å²) in [6, 6.07) is 10.7. The zero-order valence-corrected chi connectivity index (χ0v) is 20.9. The number of carbonyl (C=O) groups excluding carboxylic acids is 1. The molecule has 1 aliphatic heterocycles. The maximum absolute atomic E-state index is 14.2. The Morgan fingerprint density at radius 1 is 1.24 bits per heavy atom. The molecule has 0 spiro atoms. The Bertz CT molecular complexity index is 1250. The molecule has 0 N–H and O–H groups in total. The lowest BCUT2D eigenvalue weighted by molar-refractivity contribution is 0.0917. The first-order chi connectivity index (χ1) is 16.3. The predicted molar refractivity (Wildman–Crippen MR) is 131 cm³/mol. The van der Waals surface area contributed by atoms with E-state index in [9.17, 15) is 17.6 Å².